The molecule has 1 aliphatic carbocycles. The predicted molar refractivity (Wildman–Crippen MR) is 54.6 cm³/mol. The molecule has 0 saturated heterocycles. The van der Waals surface area contributed by atoms with Gasteiger partial charge in [0.25, 0.3) is 6.43 Å². The minimum Gasteiger partial charge on any atom is -0.298 e. The van der Waals surface area contributed by atoms with E-state index >= 15 is 0 Å². The van der Waals surface area contributed by atoms with Crippen LogP contribution in [0.25, 0.3) is 0 Å². The van der Waals surface area contributed by atoms with Crippen LogP contribution in [-0.4, -0.2) is 21.2 Å². The third-order valence-electron chi connectivity index (χ3n) is 2.85. The van der Waals surface area contributed by atoms with E-state index in [-0.39, 0.29) is 6.54 Å². The molecule has 0 amide bonds. The molecule has 0 bridgehead atoms. The minimum atomic E-state index is -2.38. The number of alkyl halides is 2. The summed E-state index contributed by atoms with van der Waals surface area (Å²) in [6.07, 6.45) is -0.350. The van der Waals surface area contributed by atoms with Crippen molar-refractivity contribution in [2.75, 3.05) is 0 Å². The highest BCUT2D eigenvalue weighted by Crippen LogP contribution is 2.40. The fraction of sp³-hybridized carbons (Fsp3) is 0.778. The third-order valence-corrected chi connectivity index (χ3v) is 3.16. The Morgan fingerprint density at radius 1 is 1.60 bits per heavy atom. The molecule has 0 atom stereocenters. The lowest BCUT2D eigenvalue weighted by molar-refractivity contribution is 0.122. The van der Waals surface area contributed by atoms with Gasteiger partial charge in [-0.15, -0.1) is 0 Å². The van der Waals surface area contributed by atoms with Crippen LogP contribution in [0.4, 0.5) is 8.78 Å². The minimum absolute atomic E-state index is 0.296. The number of rotatable bonds is 3. The van der Waals surface area contributed by atoms with Crippen molar-refractivity contribution in [2.24, 2.45) is 5.92 Å². The van der Waals surface area contributed by atoms with Crippen molar-refractivity contribution in [1.29, 1.82) is 0 Å². The Kier molecular flexibility index (Phi) is 2.86. The van der Waals surface area contributed by atoms with Gasteiger partial charge in [-0.2, -0.15) is 5.10 Å². The summed E-state index contributed by atoms with van der Waals surface area (Å²) < 4.78 is 26.3. The molecule has 0 spiro atoms. The van der Waals surface area contributed by atoms with E-state index in [2.05, 4.69) is 17.1 Å². The average Bonchev–Trinajstić information content (AvgIpc) is 2.43. The molecule has 1 aromatic rings. The van der Waals surface area contributed by atoms with Gasteiger partial charge in [-0.3, -0.25) is 9.67 Å². The molecule has 1 fully saturated rings. The summed E-state index contributed by atoms with van der Waals surface area (Å²) in [5.74, 6) is 1.66. The molecule has 84 valence electrons. The van der Waals surface area contributed by atoms with Crippen molar-refractivity contribution in [3.63, 3.8) is 0 Å². The molecule has 15 heavy (non-hydrogen) atoms. The van der Waals surface area contributed by atoms with Gasteiger partial charge in [-0.25, -0.2) is 8.78 Å². The summed E-state index contributed by atoms with van der Waals surface area (Å²) in [5.41, 5.74) is 0. The Bertz CT molecular complexity index is 392. The zero-order chi connectivity index (χ0) is 11.0. The van der Waals surface area contributed by atoms with Crippen LogP contribution in [0, 0.1) is 10.7 Å². The van der Waals surface area contributed by atoms with Gasteiger partial charge in [-0.05, 0) is 31.0 Å². The summed E-state index contributed by atoms with van der Waals surface area (Å²) in [6.45, 7) is 1.80. The molecular weight excluding hydrogens is 220 g/mol. The van der Waals surface area contributed by atoms with E-state index in [1.54, 1.807) is 0 Å². The van der Waals surface area contributed by atoms with Crippen molar-refractivity contribution in [1.82, 2.24) is 14.8 Å². The van der Waals surface area contributed by atoms with Crippen LogP contribution >= 0.6 is 12.2 Å². The average molecular weight is 233 g/mol. The lowest BCUT2D eigenvalue weighted by Crippen LogP contribution is -2.23. The van der Waals surface area contributed by atoms with Crippen molar-refractivity contribution in [3.8, 4) is 0 Å². The summed E-state index contributed by atoms with van der Waals surface area (Å²) >= 11 is 4.92. The largest absolute Gasteiger partial charge is 0.298 e. The van der Waals surface area contributed by atoms with Crippen molar-refractivity contribution in [3.05, 3.63) is 10.6 Å². The second kappa shape index (κ2) is 4.00. The number of halogens is 2. The van der Waals surface area contributed by atoms with Gasteiger partial charge in [-0.1, -0.05) is 6.92 Å². The number of aromatic amines is 1. The Morgan fingerprint density at radius 3 is 2.80 bits per heavy atom. The second-order valence-corrected chi connectivity index (χ2v) is 4.55. The van der Waals surface area contributed by atoms with E-state index in [0.717, 1.165) is 12.8 Å². The molecule has 0 aliphatic heterocycles. The number of nitrogens with one attached hydrogen (secondary N) is 1. The molecule has 0 aromatic carbocycles. The smallest absolute Gasteiger partial charge is 0.256 e. The first-order valence-electron chi connectivity index (χ1n) is 5.01. The maximum absolute atomic E-state index is 12.3. The highest BCUT2D eigenvalue weighted by atomic mass is 32.1. The lowest BCUT2D eigenvalue weighted by atomic mass is 9.76. The summed E-state index contributed by atoms with van der Waals surface area (Å²) in [7, 11) is 0. The maximum Gasteiger partial charge on any atom is 0.256 e. The number of hydrogen-bond donors (Lipinski definition) is 1. The Hall–Kier alpha value is -0.780. The summed E-state index contributed by atoms with van der Waals surface area (Å²) in [5, 5.41) is 6.63. The van der Waals surface area contributed by atoms with Gasteiger partial charge >= 0.3 is 0 Å². The molecule has 1 N–H and O–H groups in total. The molecule has 2 rings (SSSR count). The van der Waals surface area contributed by atoms with Gasteiger partial charge < -0.3 is 0 Å². The Morgan fingerprint density at radius 2 is 2.27 bits per heavy atom. The van der Waals surface area contributed by atoms with Crippen molar-refractivity contribution >= 4 is 12.2 Å². The highest BCUT2D eigenvalue weighted by molar-refractivity contribution is 7.71. The molecule has 6 heteroatoms. The van der Waals surface area contributed by atoms with Gasteiger partial charge in [0.1, 0.15) is 5.82 Å². The first-order valence-corrected chi connectivity index (χ1v) is 5.42. The number of nitrogens with zero attached hydrogens (tertiary/aromatic N) is 2. The molecule has 1 aromatic heterocycles. The van der Waals surface area contributed by atoms with Crippen LogP contribution < -0.4 is 0 Å². The van der Waals surface area contributed by atoms with E-state index < -0.39 is 6.43 Å². The standard InChI is InChI=1S/C9H13F2N3S/c1-5-2-6(3-5)8-12-13-9(15)14(8)4-7(10)11/h5-7H,2-4H2,1H3,(H,13,15). The van der Waals surface area contributed by atoms with Crippen molar-refractivity contribution in [2.45, 2.75) is 38.7 Å². The first-order chi connectivity index (χ1) is 7.08. The Balaban J connectivity index is 2.20. The molecule has 1 saturated carbocycles. The monoisotopic (exact) mass is 233 g/mol. The molecule has 1 heterocycles. The van der Waals surface area contributed by atoms with E-state index in [4.69, 9.17) is 12.2 Å². The van der Waals surface area contributed by atoms with Crippen LogP contribution in [0.3, 0.4) is 0 Å². The van der Waals surface area contributed by atoms with Gasteiger partial charge in [0.05, 0.1) is 6.54 Å². The first kappa shape index (κ1) is 10.7. The molecule has 1 aliphatic rings. The molecular formula is C9H13F2N3S. The van der Waals surface area contributed by atoms with Crippen LogP contribution in [0.2, 0.25) is 0 Å². The topological polar surface area (TPSA) is 33.6 Å². The highest BCUT2D eigenvalue weighted by Gasteiger charge is 2.31. The summed E-state index contributed by atoms with van der Waals surface area (Å²) in [4.78, 5) is 0. The van der Waals surface area contributed by atoms with Gasteiger partial charge in [0.15, 0.2) is 4.77 Å². The molecule has 0 unspecified atom stereocenters. The predicted octanol–water partition coefficient (Wildman–Crippen LogP) is 2.72. The third kappa shape index (κ3) is 2.09. The zero-order valence-electron chi connectivity index (χ0n) is 8.41. The van der Waals surface area contributed by atoms with E-state index in [0.29, 0.717) is 22.4 Å². The second-order valence-electron chi connectivity index (χ2n) is 4.16. The Labute approximate surface area is 91.5 Å². The number of hydrogen-bond acceptors (Lipinski definition) is 2. The fourth-order valence-corrected chi connectivity index (χ4v) is 2.28. The van der Waals surface area contributed by atoms with E-state index in [1.807, 2.05) is 0 Å². The fourth-order valence-electron chi connectivity index (χ4n) is 2.07. The van der Waals surface area contributed by atoms with Crippen LogP contribution in [0.15, 0.2) is 0 Å². The normalized spacial score (nSPS) is 25.6. The van der Waals surface area contributed by atoms with Gasteiger partial charge in [0, 0.05) is 5.92 Å². The molecule has 0 radical (unpaired) electrons. The lowest BCUT2D eigenvalue weighted by Gasteiger charge is -2.31. The molecule has 3 nitrogen and oxygen atoms in total. The number of H-pyrrole nitrogens is 1. The van der Waals surface area contributed by atoms with Gasteiger partial charge in [0.2, 0.25) is 0 Å². The summed E-state index contributed by atoms with van der Waals surface area (Å²) in [6, 6.07) is 0. The number of aromatic nitrogens is 3. The van der Waals surface area contributed by atoms with E-state index in [9.17, 15) is 8.78 Å². The van der Waals surface area contributed by atoms with Crippen LogP contribution in [0.1, 0.15) is 31.5 Å². The maximum atomic E-state index is 12.3. The van der Waals surface area contributed by atoms with Crippen LogP contribution in [-0.2, 0) is 6.54 Å². The van der Waals surface area contributed by atoms with E-state index in [1.165, 1.54) is 4.57 Å². The quantitative estimate of drug-likeness (QED) is 0.814. The SMILES string of the molecule is CC1CC(c2n[nH]c(=S)n2CC(F)F)C1. The van der Waals surface area contributed by atoms with Crippen LogP contribution in [0.5, 0.6) is 0 Å². The zero-order valence-corrected chi connectivity index (χ0v) is 9.23. The van der Waals surface area contributed by atoms with Crippen molar-refractivity contribution < 1.29 is 8.78 Å².